The number of carbonyl (C=O) groups excluding carboxylic acids is 1. The van der Waals surface area contributed by atoms with Crippen LogP contribution in [0.1, 0.15) is 53.3 Å². The average Bonchev–Trinajstić information content (AvgIpc) is 3.12. The van der Waals surface area contributed by atoms with Crippen molar-refractivity contribution in [1.82, 2.24) is 9.78 Å². The van der Waals surface area contributed by atoms with Gasteiger partial charge < -0.3 is 0 Å². The molecule has 0 atom stereocenters. The summed E-state index contributed by atoms with van der Waals surface area (Å²) in [6.45, 7) is 1.97. The summed E-state index contributed by atoms with van der Waals surface area (Å²) in [6.07, 6.45) is 7.38. The van der Waals surface area contributed by atoms with E-state index < -0.39 is 0 Å². The Bertz CT molecular complexity index is 657. The summed E-state index contributed by atoms with van der Waals surface area (Å²) in [5.74, 6) is 0.130. The molecule has 0 unspecified atom stereocenters. The monoisotopic (exact) mass is 346 g/mol. The number of benzene rings is 1. The minimum Gasteiger partial charge on any atom is -0.294 e. The standard InChI is InChI=1S/C17H19BrN2O/c1-12-15(7-4-8-16(12)18)17(21)11-13-9-10-20(19-13)14-5-2-3-6-14/h4,7-10,14H,2-3,5-6,11H2,1H3. The van der Waals surface area contributed by atoms with E-state index in [-0.39, 0.29) is 5.78 Å². The molecule has 110 valence electrons. The number of hydrogen-bond donors (Lipinski definition) is 0. The first kappa shape index (κ1) is 14.5. The number of halogens is 1. The zero-order chi connectivity index (χ0) is 14.8. The van der Waals surface area contributed by atoms with E-state index in [1.54, 1.807) is 0 Å². The van der Waals surface area contributed by atoms with Crippen molar-refractivity contribution in [2.24, 2.45) is 0 Å². The Morgan fingerprint density at radius 2 is 2.10 bits per heavy atom. The zero-order valence-corrected chi connectivity index (χ0v) is 13.8. The maximum atomic E-state index is 12.4. The number of hydrogen-bond acceptors (Lipinski definition) is 2. The Morgan fingerprint density at radius 1 is 1.33 bits per heavy atom. The SMILES string of the molecule is Cc1c(Br)cccc1C(=O)Cc1ccn(C2CCCC2)n1. The molecule has 1 fully saturated rings. The smallest absolute Gasteiger partial charge is 0.169 e. The van der Waals surface area contributed by atoms with Gasteiger partial charge >= 0.3 is 0 Å². The molecule has 3 nitrogen and oxygen atoms in total. The highest BCUT2D eigenvalue weighted by molar-refractivity contribution is 9.10. The highest BCUT2D eigenvalue weighted by Gasteiger charge is 2.18. The number of carbonyl (C=O) groups is 1. The Kier molecular flexibility index (Phi) is 4.24. The van der Waals surface area contributed by atoms with Crippen molar-refractivity contribution in [1.29, 1.82) is 0 Å². The molecule has 1 aromatic carbocycles. The molecule has 4 heteroatoms. The van der Waals surface area contributed by atoms with Crippen LogP contribution in [0.25, 0.3) is 0 Å². The van der Waals surface area contributed by atoms with Crippen LogP contribution in [0.15, 0.2) is 34.9 Å². The minimum absolute atomic E-state index is 0.130. The second-order valence-corrected chi connectivity index (χ2v) is 6.59. The molecular weight excluding hydrogens is 328 g/mol. The van der Waals surface area contributed by atoms with Crippen molar-refractivity contribution in [2.45, 2.75) is 45.1 Å². The zero-order valence-electron chi connectivity index (χ0n) is 12.2. The summed E-state index contributed by atoms with van der Waals surface area (Å²) in [5.41, 5.74) is 2.64. The number of Topliss-reactive ketones (excluding diaryl/α,β-unsaturated/α-hetero) is 1. The molecule has 0 spiro atoms. The summed E-state index contributed by atoms with van der Waals surface area (Å²) in [7, 11) is 0. The van der Waals surface area contributed by atoms with Gasteiger partial charge in [0, 0.05) is 16.2 Å². The Hall–Kier alpha value is -1.42. The predicted octanol–water partition coefficient (Wildman–Crippen LogP) is 4.49. The van der Waals surface area contributed by atoms with E-state index in [1.165, 1.54) is 25.7 Å². The Balaban J connectivity index is 1.74. The van der Waals surface area contributed by atoms with Gasteiger partial charge in [-0.25, -0.2) is 0 Å². The van der Waals surface area contributed by atoms with Crippen LogP contribution >= 0.6 is 15.9 Å². The summed E-state index contributed by atoms with van der Waals surface area (Å²) in [5, 5.41) is 4.59. The lowest BCUT2D eigenvalue weighted by Crippen LogP contribution is -2.09. The molecule has 3 rings (SSSR count). The van der Waals surface area contributed by atoms with Gasteiger partial charge in [-0.2, -0.15) is 5.10 Å². The highest BCUT2D eigenvalue weighted by Crippen LogP contribution is 2.29. The lowest BCUT2D eigenvalue weighted by atomic mass is 10.0. The normalized spacial score (nSPS) is 15.5. The molecule has 1 saturated carbocycles. The molecule has 1 heterocycles. The summed E-state index contributed by atoms with van der Waals surface area (Å²) >= 11 is 3.48. The van der Waals surface area contributed by atoms with Crippen molar-refractivity contribution in [2.75, 3.05) is 0 Å². The summed E-state index contributed by atoms with van der Waals surface area (Å²) in [4.78, 5) is 12.4. The van der Waals surface area contributed by atoms with Gasteiger partial charge in [-0.3, -0.25) is 9.48 Å². The topological polar surface area (TPSA) is 34.9 Å². The van der Waals surface area contributed by atoms with E-state index in [1.807, 2.05) is 42.1 Å². The van der Waals surface area contributed by atoms with Crippen LogP contribution < -0.4 is 0 Å². The fraction of sp³-hybridized carbons (Fsp3) is 0.412. The lowest BCUT2D eigenvalue weighted by Gasteiger charge is -2.09. The first-order chi connectivity index (χ1) is 10.1. The van der Waals surface area contributed by atoms with Gasteiger partial charge in [0.2, 0.25) is 0 Å². The lowest BCUT2D eigenvalue weighted by molar-refractivity contribution is 0.0991. The van der Waals surface area contributed by atoms with Gasteiger partial charge in [-0.15, -0.1) is 0 Å². The first-order valence-corrected chi connectivity index (χ1v) is 8.27. The number of aromatic nitrogens is 2. The quantitative estimate of drug-likeness (QED) is 0.764. The van der Waals surface area contributed by atoms with Crippen LogP contribution in [0.2, 0.25) is 0 Å². The molecule has 2 aromatic rings. The van der Waals surface area contributed by atoms with Gasteiger partial charge in [0.05, 0.1) is 18.2 Å². The van der Waals surface area contributed by atoms with Gasteiger partial charge in [-0.05, 0) is 37.5 Å². The van der Waals surface area contributed by atoms with Gasteiger partial charge in [0.15, 0.2) is 5.78 Å². The maximum absolute atomic E-state index is 12.4. The largest absolute Gasteiger partial charge is 0.294 e. The average molecular weight is 347 g/mol. The molecule has 21 heavy (non-hydrogen) atoms. The molecule has 1 aliphatic carbocycles. The van der Waals surface area contributed by atoms with Gasteiger partial charge in [-0.1, -0.05) is 40.9 Å². The van der Waals surface area contributed by atoms with Gasteiger partial charge in [0.25, 0.3) is 0 Å². The molecule has 0 radical (unpaired) electrons. The van der Waals surface area contributed by atoms with Crippen LogP contribution in [0, 0.1) is 6.92 Å². The molecule has 0 amide bonds. The fourth-order valence-corrected chi connectivity index (χ4v) is 3.38. The summed E-state index contributed by atoms with van der Waals surface area (Å²) < 4.78 is 3.02. The first-order valence-electron chi connectivity index (χ1n) is 7.47. The molecule has 1 aromatic heterocycles. The molecule has 1 aliphatic rings. The molecule has 0 N–H and O–H groups in total. The van der Waals surface area contributed by atoms with E-state index in [4.69, 9.17) is 0 Å². The van der Waals surface area contributed by atoms with E-state index in [0.29, 0.717) is 12.5 Å². The van der Waals surface area contributed by atoms with Crippen molar-refractivity contribution in [3.05, 3.63) is 51.8 Å². The second kappa shape index (κ2) is 6.14. The third-order valence-corrected chi connectivity index (χ3v) is 5.13. The number of rotatable bonds is 4. The van der Waals surface area contributed by atoms with Crippen molar-refractivity contribution in [3.63, 3.8) is 0 Å². The molecule has 0 bridgehead atoms. The van der Waals surface area contributed by atoms with Crippen LogP contribution in [0.3, 0.4) is 0 Å². The van der Waals surface area contributed by atoms with Gasteiger partial charge in [0.1, 0.15) is 0 Å². The van der Waals surface area contributed by atoms with E-state index in [9.17, 15) is 4.79 Å². The van der Waals surface area contributed by atoms with Crippen LogP contribution in [-0.4, -0.2) is 15.6 Å². The minimum atomic E-state index is 0.130. The molecular formula is C17H19BrN2O. The van der Waals surface area contributed by atoms with Crippen molar-refractivity contribution < 1.29 is 4.79 Å². The Morgan fingerprint density at radius 3 is 2.86 bits per heavy atom. The Labute approximate surface area is 133 Å². The van der Waals surface area contributed by atoms with E-state index in [2.05, 4.69) is 21.0 Å². The third-order valence-electron chi connectivity index (χ3n) is 4.27. The maximum Gasteiger partial charge on any atom is 0.169 e. The molecule has 0 aliphatic heterocycles. The summed E-state index contributed by atoms with van der Waals surface area (Å²) in [6, 6.07) is 8.25. The van der Waals surface area contributed by atoms with E-state index in [0.717, 1.165) is 21.3 Å². The number of ketones is 1. The van der Waals surface area contributed by atoms with Crippen LogP contribution in [-0.2, 0) is 6.42 Å². The van der Waals surface area contributed by atoms with Crippen LogP contribution in [0.5, 0.6) is 0 Å². The molecule has 0 saturated heterocycles. The predicted molar refractivity (Wildman–Crippen MR) is 86.6 cm³/mol. The fourth-order valence-electron chi connectivity index (χ4n) is 3.01. The number of nitrogens with zero attached hydrogens (tertiary/aromatic N) is 2. The van der Waals surface area contributed by atoms with Crippen molar-refractivity contribution >= 4 is 21.7 Å². The third kappa shape index (κ3) is 3.10. The van der Waals surface area contributed by atoms with E-state index >= 15 is 0 Å². The van der Waals surface area contributed by atoms with Crippen molar-refractivity contribution in [3.8, 4) is 0 Å². The van der Waals surface area contributed by atoms with Crippen LogP contribution in [0.4, 0.5) is 0 Å². The highest BCUT2D eigenvalue weighted by atomic mass is 79.9. The second-order valence-electron chi connectivity index (χ2n) is 5.74.